The first kappa shape index (κ1) is 16.4. The number of aliphatic carboxylic acids is 1. The van der Waals surface area contributed by atoms with E-state index in [9.17, 15) is 4.79 Å². The molecule has 0 aliphatic heterocycles. The number of hydrogen-bond donors (Lipinski definition) is 3. The average Bonchev–Trinajstić information content (AvgIpc) is 2.29. The lowest BCUT2D eigenvalue weighted by atomic mass is 10.1. The van der Waals surface area contributed by atoms with Gasteiger partial charge in [-0.25, -0.2) is 0 Å². The van der Waals surface area contributed by atoms with Crippen LogP contribution in [0.2, 0.25) is 0 Å². The maximum atomic E-state index is 10.3. The Balaban J connectivity index is 3.10. The first-order valence-electron chi connectivity index (χ1n) is 6.73. The van der Waals surface area contributed by atoms with Gasteiger partial charge in [0.1, 0.15) is 0 Å². The van der Waals surface area contributed by atoms with Gasteiger partial charge in [0.05, 0.1) is 6.61 Å². The minimum atomic E-state index is -0.686. The zero-order chi connectivity index (χ0) is 12.9. The fraction of sp³-hybridized carbons (Fsp3) is 0.923. The van der Waals surface area contributed by atoms with E-state index in [0.717, 1.165) is 25.7 Å². The molecule has 0 aliphatic carbocycles. The maximum absolute atomic E-state index is 10.3. The number of rotatable bonds is 12. The van der Waals surface area contributed by atoms with Gasteiger partial charge in [-0.15, -0.1) is 0 Å². The van der Waals surface area contributed by atoms with Crippen molar-refractivity contribution < 1.29 is 15.0 Å². The number of unbranched alkanes of at least 4 members (excludes halogenated alkanes) is 5. The molecule has 0 spiro atoms. The Morgan fingerprint density at radius 3 is 2.29 bits per heavy atom. The van der Waals surface area contributed by atoms with Gasteiger partial charge in [-0.1, -0.05) is 32.1 Å². The van der Waals surface area contributed by atoms with Crippen molar-refractivity contribution in [2.75, 3.05) is 13.2 Å². The second-order valence-electron chi connectivity index (χ2n) is 4.63. The molecule has 4 heteroatoms. The fourth-order valence-electron chi connectivity index (χ4n) is 1.85. The number of aliphatic hydroxyl groups is 1. The van der Waals surface area contributed by atoms with Gasteiger partial charge in [0.2, 0.25) is 0 Å². The van der Waals surface area contributed by atoms with E-state index in [-0.39, 0.29) is 6.61 Å². The summed E-state index contributed by atoms with van der Waals surface area (Å²) in [6.45, 7) is 3.02. The minimum absolute atomic E-state index is 0.202. The minimum Gasteiger partial charge on any atom is -0.481 e. The Morgan fingerprint density at radius 2 is 1.71 bits per heavy atom. The van der Waals surface area contributed by atoms with E-state index in [1.807, 2.05) is 0 Å². The second kappa shape index (κ2) is 11.9. The molecular formula is C13H27NO3. The SMILES string of the molecule is CC(CCCCCCCCC(=O)O)NCCO. The Hall–Kier alpha value is -0.610. The number of carbonyl (C=O) groups is 1. The summed E-state index contributed by atoms with van der Waals surface area (Å²) in [7, 11) is 0. The number of hydrogen-bond acceptors (Lipinski definition) is 3. The standard InChI is InChI=1S/C13H27NO3/c1-12(14-10-11-15)8-6-4-2-3-5-7-9-13(16)17/h12,14-15H,2-11H2,1H3,(H,16,17). The third-order valence-corrected chi connectivity index (χ3v) is 2.88. The summed E-state index contributed by atoms with van der Waals surface area (Å²) in [5.74, 6) is -0.686. The van der Waals surface area contributed by atoms with E-state index in [0.29, 0.717) is 19.0 Å². The Labute approximate surface area is 104 Å². The summed E-state index contributed by atoms with van der Waals surface area (Å²) in [5.41, 5.74) is 0. The highest BCUT2D eigenvalue weighted by Gasteiger charge is 2.00. The second-order valence-corrected chi connectivity index (χ2v) is 4.63. The van der Waals surface area contributed by atoms with Crippen molar-refractivity contribution in [3.8, 4) is 0 Å². The summed E-state index contributed by atoms with van der Waals surface area (Å²) >= 11 is 0. The van der Waals surface area contributed by atoms with Crippen LogP contribution in [0.4, 0.5) is 0 Å². The van der Waals surface area contributed by atoms with Gasteiger partial charge in [-0.3, -0.25) is 4.79 Å². The smallest absolute Gasteiger partial charge is 0.303 e. The van der Waals surface area contributed by atoms with Crippen LogP contribution in [0.25, 0.3) is 0 Å². The van der Waals surface area contributed by atoms with Gasteiger partial charge in [0.15, 0.2) is 0 Å². The highest BCUT2D eigenvalue weighted by molar-refractivity contribution is 5.66. The quantitative estimate of drug-likeness (QED) is 0.461. The third kappa shape index (κ3) is 13.3. The van der Waals surface area contributed by atoms with Gasteiger partial charge in [-0.05, 0) is 19.8 Å². The number of carboxylic acids is 1. The molecule has 4 nitrogen and oxygen atoms in total. The van der Waals surface area contributed by atoms with Gasteiger partial charge >= 0.3 is 5.97 Å². The van der Waals surface area contributed by atoms with Crippen molar-refractivity contribution in [3.05, 3.63) is 0 Å². The largest absolute Gasteiger partial charge is 0.481 e. The molecule has 0 radical (unpaired) electrons. The maximum Gasteiger partial charge on any atom is 0.303 e. The third-order valence-electron chi connectivity index (χ3n) is 2.88. The predicted molar refractivity (Wildman–Crippen MR) is 69.1 cm³/mol. The molecule has 0 saturated heterocycles. The summed E-state index contributed by atoms with van der Waals surface area (Å²) in [6, 6.07) is 0.481. The van der Waals surface area contributed by atoms with E-state index < -0.39 is 5.97 Å². The van der Waals surface area contributed by atoms with Crippen LogP contribution in [0.3, 0.4) is 0 Å². The van der Waals surface area contributed by atoms with E-state index >= 15 is 0 Å². The molecular weight excluding hydrogens is 218 g/mol. The van der Waals surface area contributed by atoms with E-state index in [4.69, 9.17) is 10.2 Å². The van der Waals surface area contributed by atoms with Crippen LogP contribution in [-0.4, -0.2) is 35.4 Å². The van der Waals surface area contributed by atoms with Crippen molar-refractivity contribution >= 4 is 5.97 Å². The molecule has 0 fully saturated rings. The average molecular weight is 245 g/mol. The molecule has 102 valence electrons. The summed E-state index contributed by atoms with van der Waals surface area (Å²) in [4.78, 5) is 10.3. The topological polar surface area (TPSA) is 69.6 Å². The molecule has 0 heterocycles. The molecule has 0 aliphatic rings. The lowest BCUT2D eigenvalue weighted by molar-refractivity contribution is -0.137. The van der Waals surface area contributed by atoms with Gasteiger partial charge < -0.3 is 15.5 Å². The van der Waals surface area contributed by atoms with Crippen LogP contribution < -0.4 is 5.32 Å². The van der Waals surface area contributed by atoms with Gasteiger partial charge in [0, 0.05) is 19.0 Å². The molecule has 0 amide bonds. The summed E-state index contributed by atoms with van der Waals surface area (Å²) in [6.07, 6.45) is 8.07. The van der Waals surface area contributed by atoms with Gasteiger partial charge in [0.25, 0.3) is 0 Å². The molecule has 0 aromatic heterocycles. The molecule has 3 N–H and O–H groups in total. The monoisotopic (exact) mass is 245 g/mol. The van der Waals surface area contributed by atoms with Crippen molar-refractivity contribution in [3.63, 3.8) is 0 Å². The Morgan fingerprint density at radius 1 is 1.12 bits per heavy atom. The molecule has 17 heavy (non-hydrogen) atoms. The molecule has 1 unspecified atom stereocenters. The van der Waals surface area contributed by atoms with Gasteiger partial charge in [-0.2, -0.15) is 0 Å². The molecule has 0 aromatic rings. The summed E-state index contributed by atoms with van der Waals surface area (Å²) < 4.78 is 0. The zero-order valence-corrected chi connectivity index (χ0v) is 11.0. The highest BCUT2D eigenvalue weighted by Crippen LogP contribution is 2.09. The van der Waals surface area contributed by atoms with Crippen molar-refractivity contribution in [1.29, 1.82) is 0 Å². The van der Waals surface area contributed by atoms with Crippen molar-refractivity contribution in [2.24, 2.45) is 0 Å². The first-order valence-corrected chi connectivity index (χ1v) is 6.73. The fourth-order valence-corrected chi connectivity index (χ4v) is 1.85. The highest BCUT2D eigenvalue weighted by atomic mass is 16.4. The molecule has 0 saturated carbocycles. The van der Waals surface area contributed by atoms with Crippen molar-refractivity contribution in [2.45, 2.75) is 64.3 Å². The van der Waals surface area contributed by atoms with Crippen LogP contribution in [0, 0.1) is 0 Å². The molecule has 1 atom stereocenters. The number of carboxylic acid groups (broad SMARTS) is 1. The predicted octanol–water partition coefficient (Wildman–Crippen LogP) is 2.16. The van der Waals surface area contributed by atoms with Crippen molar-refractivity contribution in [1.82, 2.24) is 5.32 Å². The van der Waals surface area contributed by atoms with Crippen LogP contribution in [0.15, 0.2) is 0 Å². The Kier molecular flexibility index (Phi) is 11.4. The molecule has 0 rings (SSSR count). The number of aliphatic hydroxyl groups excluding tert-OH is 1. The van der Waals surface area contributed by atoms with E-state index in [1.54, 1.807) is 0 Å². The molecule has 0 aromatic carbocycles. The Bertz CT molecular complexity index is 186. The first-order chi connectivity index (χ1) is 8.16. The summed E-state index contributed by atoms with van der Waals surface area (Å²) in [5, 5.41) is 20.3. The normalized spacial score (nSPS) is 12.6. The lowest BCUT2D eigenvalue weighted by Crippen LogP contribution is -2.28. The number of nitrogens with one attached hydrogen (secondary N) is 1. The molecule has 0 bridgehead atoms. The van der Waals surface area contributed by atoms with Crippen LogP contribution >= 0.6 is 0 Å². The van der Waals surface area contributed by atoms with E-state index in [2.05, 4.69) is 12.2 Å². The van der Waals surface area contributed by atoms with Crippen LogP contribution in [-0.2, 0) is 4.79 Å². The zero-order valence-electron chi connectivity index (χ0n) is 11.0. The van der Waals surface area contributed by atoms with Crippen LogP contribution in [0.1, 0.15) is 58.3 Å². The lowest BCUT2D eigenvalue weighted by Gasteiger charge is -2.12. The van der Waals surface area contributed by atoms with Crippen LogP contribution in [0.5, 0.6) is 0 Å². The van der Waals surface area contributed by atoms with E-state index in [1.165, 1.54) is 19.3 Å².